The second-order valence-electron chi connectivity index (χ2n) is 10.2. The van der Waals surface area contributed by atoms with Crippen LogP contribution in [0.1, 0.15) is 49.7 Å². The van der Waals surface area contributed by atoms with Crippen molar-refractivity contribution in [3.05, 3.63) is 23.2 Å². The van der Waals surface area contributed by atoms with E-state index < -0.39 is 6.29 Å². The lowest BCUT2D eigenvalue weighted by molar-refractivity contribution is 0.0844. The first-order valence-electron chi connectivity index (χ1n) is 12.5. The summed E-state index contributed by atoms with van der Waals surface area (Å²) in [6.45, 7) is 6.93. The zero-order valence-corrected chi connectivity index (χ0v) is 21.2. The Hall–Kier alpha value is -1.82. The summed E-state index contributed by atoms with van der Waals surface area (Å²) >= 11 is 6.80. The third-order valence-electron chi connectivity index (χ3n) is 8.23. The summed E-state index contributed by atoms with van der Waals surface area (Å²) in [5.41, 5.74) is 9.06. The van der Waals surface area contributed by atoms with Gasteiger partial charge in [-0.05, 0) is 45.6 Å². The smallest absolute Gasteiger partial charge is 0.193 e. The third-order valence-corrected chi connectivity index (χ3v) is 8.59. The molecule has 0 saturated carbocycles. The average Bonchev–Trinajstić information content (AvgIpc) is 3.45. The average molecular weight is 506 g/mol. The first-order valence-corrected chi connectivity index (χ1v) is 12.9. The SMILES string of the molecule is Cc1nc(N2CCC3(CC2)CO[C@@H](C)[C@H]3N)c(CO)nc1C1=CC=NC(N2CCCC2CO)N1Cl. The number of hydrogen-bond acceptors (Lipinski definition) is 10. The Bertz CT molecular complexity index is 998. The van der Waals surface area contributed by atoms with E-state index in [9.17, 15) is 10.2 Å². The van der Waals surface area contributed by atoms with E-state index in [1.165, 1.54) is 0 Å². The Kier molecular flexibility index (Phi) is 7.04. The number of aliphatic hydroxyl groups excluding tert-OH is 2. The highest BCUT2D eigenvalue weighted by Crippen LogP contribution is 2.42. The fourth-order valence-electron chi connectivity index (χ4n) is 5.98. The number of aromatic nitrogens is 2. The molecule has 35 heavy (non-hydrogen) atoms. The van der Waals surface area contributed by atoms with Gasteiger partial charge in [-0.1, -0.05) is 0 Å². The van der Waals surface area contributed by atoms with Gasteiger partial charge in [0.25, 0.3) is 0 Å². The lowest BCUT2D eigenvalue weighted by Gasteiger charge is -2.42. The standard InChI is InChI=1S/C24H36ClN7O3/c1-15-20(19-5-8-27-23(32(19)25)31-9-3-4-17(31)12-33)29-18(13-34)22(28-15)30-10-6-24(7-11-30)14-35-16(2)21(24)26/h5,8,16-17,21,23,33-34H,3-4,6-7,9-14,26H2,1-2H3/t16-,17?,21+,23?/m0/s1. The molecule has 1 aromatic rings. The normalized spacial score (nSPS) is 31.0. The molecule has 0 bridgehead atoms. The molecule has 4 atom stereocenters. The summed E-state index contributed by atoms with van der Waals surface area (Å²) < 4.78 is 7.42. The lowest BCUT2D eigenvalue weighted by atomic mass is 9.73. The van der Waals surface area contributed by atoms with Crippen molar-refractivity contribution in [3.63, 3.8) is 0 Å². The number of hydrogen-bond donors (Lipinski definition) is 3. The lowest BCUT2D eigenvalue weighted by Crippen LogP contribution is -2.51. The molecule has 0 aromatic carbocycles. The fourth-order valence-corrected chi connectivity index (χ4v) is 6.28. The molecule has 1 spiro atoms. The molecule has 2 unspecified atom stereocenters. The predicted octanol–water partition coefficient (Wildman–Crippen LogP) is 1.23. The highest BCUT2D eigenvalue weighted by atomic mass is 35.5. The minimum absolute atomic E-state index is 0.0140. The summed E-state index contributed by atoms with van der Waals surface area (Å²) in [7, 11) is 0. The molecule has 192 valence electrons. The monoisotopic (exact) mass is 505 g/mol. The number of aliphatic imine (C=N–C) groups is 1. The van der Waals surface area contributed by atoms with E-state index in [1.54, 1.807) is 10.6 Å². The largest absolute Gasteiger partial charge is 0.395 e. The number of likely N-dealkylation sites (tertiary alicyclic amines) is 1. The van der Waals surface area contributed by atoms with Crippen LogP contribution >= 0.6 is 11.8 Å². The quantitative estimate of drug-likeness (QED) is 0.507. The summed E-state index contributed by atoms with van der Waals surface area (Å²) in [6.07, 6.45) is 6.97. The Labute approximate surface area is 211 Å². The molecule has 4 aliphatic heterocycles. The number of aliphatic hydroxyl groups is 2. The maximum atomic E-state index is 10.2. The molecular formula is C24H36ClN7O3. The molecule has 5 heterocycles. The first kappa shape index (κ1) is 24.9. The zero-order chi connectivity index (χ0) is 24.7. The van der Waals surface area contributed by atoms with Gasteiger partial charge >= 0.3 is 0 Å². The summed E-state index contributed by atoms with van der Waals surface area (Å²) in [5.74, 6) is 0.715. The minimum Gasteiger partial charge on any atom is -0.395 e. The van der Waals surface area contributed by atoms with E-state index in [4.69, 9.17) is 32.2 Å². The molecule has 4 N–H and O–H groups in total. The first-order chi connectivity index (χ1) is 16.9. The van der Waals surface area contributed by atoms with Crippen molar-refractivity contribution >= 4 is 29.5 Å². The maximum absolute atomic E-state index is 10.2. The van der Waals surface area contributed by atoms with Crippen LogP contribution in [0.5, 0.6) is 0 Å². The van der Waals surface area contributed by atoms with Crippen molar-refractivity contribution in [3.8, 4) is 0 Å². The van der Waals surface area contributed by atoms with Gasteiger partial charge in [-0.3, -0.25) is 9.89 Å². The van der Waals surface area contributed by atoms with Gasteiger partial charge in [0, 0.05) is 55.1 Å². The number of ether oxygens (including phenoxy) is 1. The maximum Gasteiger partial charge on any atom is 0.193 e. The van der Waals surface area contributed by atoms with Gasteiger partial charge in [0.1, 0.15) is 11.4 Å². The molecule has 11 heteroatoms. The second-order valence-corrected chi connectivity index (χ2v) is 10.6. The summed E-state index contributed by atoms with van der Waals surface area (Å²) in [5, 5.41) is 20.0. The third kappa shape index (κ3) is 4.34. The fraction of sp³-hybridized carbons (Fsp3) is 0.708. The van der Waals surface area contributed by atoms with Crippen LogP contribution in [0, 0.1) is 12.3 Å². The molecule has 5 rings (SSSR count). The van der Waals surface area contributed by atoms with E-state index in [-0.39, 0.29) is 36.8 Å². The Morgan fingerprint density at radius 3 is 2.66 bits per heavy atom. The van der Waals surface area contributed by atoms with Gasteiger partial charge in [-0.2, -0.15) is 0 Å². The highest BCUT2D eigenvalue weighted by molar-refractivity contribution is 6.18. The minimum atomic E-state index is -0.423. The van der Waals surface area contributed by atoms with Gasteiger partial charge in [-0.25, -0.2) is 14.4 Å². The molecule has 0 radical (unpaired) electrons. The Morgan fingerprint density at radius 1 is 1.23 bits per heavy atom. The zero-order valence-electron chi connectivity index (χ0n) is 20.5. The van der Waals surface area contributed by atoms with Crippen LogP contribution in [0.15, 0.2) is 11.1 Å². The van der Waals surface area contributed by atoms with Gasteiger partial charge < -0.3 is 25.6 Å². The van der Waals surface area contributed by atoms with E-state index in [2.05, 4.69) is 14.8 Å². The van der Waals surface area contributed by atoms with Crippen molar-refractivity contribution < 1.29 is 14.9 Å². The van der Waals surface area contributed by atoms with Crippen molar-refractivity contribution in [1.29, 1.82) is 0 Å². The molecule has 1 aromatic heterocycles. The molecule has 4 aliphatic rings. The number of allylic oxidation sites excluding steroid dienone is 1. The van der Waals surface area contributed by atoms with Crippen LogP contribution in [0.4, 0.5) is 5.82 Å². The van der Waals surface area contributed by atoms with E-state index >= 15 is 0 Å². The molecule has 0 aliphatic carbocycles. The van der Waals surface area contributed by atoms with Gasteiger partial charge in [-0.15, -0.1) is 0 Å². The number of halogens is 1. The van der Waals surface area contributed by atoms with Crippen LogP contribution in [0.3, 0.4) is 0 Å². The van der Waals surface area contributed by atoms with E-state index in [0.29, 0.717) is 29.5 Å². The van der Waals surface area contributed by atoms with E-state index in [1.807, 2.05) is 19.9 Å². The van der Waals surface area contributed by atoms with Gasteiger partial charge in [0.2, 0.25) is 0 Å². The Balaban J connectivity index is 1.37. The van der Waals surface area contributed by atoms with Gasteiger partial charge in [0.05, 0.1) is 37.3 Å². The topological polar surface area (TPSA) is 124 Å². The molecule has 10 nitrogen and oxygen atoms in total. The van der Waals surface area contributed by atoms with Crippen molar-refractivity contribution in [1.82, 2.24) is 19.3 Å². The van der Waals surface area contributed by atoms with Crippen LogP contribution in [-0.4, -0.2) is 93.0 Å². The number of piperidine rings is 1. The number of nitrogens with zero attached hydrogens (tertiary/aromatic N) is 6. The van der Waals surface area contributed by atoms with Crippen LogP contribution in [-0.2, 0) is 11.3 Å². The van der Waals surface area contributed by atoms with Crippen LogP contribution < -0.4 is 10.6 Å². The number of nitrogens with two attached hydrogens (primary N) is 1. The Morgan fingerprint density at radius 2 is 2.00 bits per heavy atom. The van der Waals surface area contributed by atoms with Gasteiger partial charge in [0.15, 0.2) is 12.1 Å². The number of anilines is 1. The molecule has 3 fully saturated rings. The predicted molar refractivity (Wildman–Crippen MR) is 135 cm³/mol. The van der Waals surface area contributed by atoms with E-state index in [0.717, 1.165) is 51.0 Å². The van der Waals surface area contributed by atoms with Crippen LogP contribution in [0.2, 0.25) is 0 Å². The van der Waals surface area contributed by atoms with Crippen molar-refractivity contribution in [2.24, 2.45) is 16.1 Å². The summed E-state index contributed by atoms with van der Waals surface area (Å²) in [6, 6.07) is 0.0739. The second kappa shape index (κ2) is 9.91. The summed E-state index contributed by atoms with van der Waals surface area (Å²) in [4.78, 5) is 18.6. The molecule has 3 saturated heterocycles. The van der Waals surface area contributed by atoms with Crippen LogP contribution in [0.25, 0.3) is 5.70 Å². The van der Waals surface area contributed by atoms with Crippen molar-refractivity contribution in [2.45, 2.75) is 70.6 Å². The molecule has 0 amide bonds. The number of aryl methyl sites for hydroxylation is 1. The number of rotatable bonds is 5. The molecular weight excluding hydrogens is 470 g/mol. The highest BCUT2D eigenvalue weighted by Gasteiger charge is 2.48. The van der Waals surface area contributed by atoms with Crippen molar-refractivity contribution in [2.75, 3.05) is 37.7 Å².